The molecule has 0 aliphatic rings. The van der Waals surface area contributed by atoms with E-state index in [0.717, 1.165) is 12.8 Å². The minimum absolute atomic E-state index is 0.0171. The highest BCUT2D eigenvalue weighted by Gasteiger charge is 2.31. The summed E-state index contributed by atoms with van der Waals surface area (Å²) in [4.78, 5) is 11.8. The van der Waals surface area contributed by atoms with E-state index in [0.29, 0.717) is 25.2 Å². The number of carbonyl (C=O) groups excluding carboxylic acids is 1. The van der Waals surface area contributed by atoms with Crippen LogP contribution in [0.3, 0.4) is 0 Å². The van der Waals surface area contributed by atoms with Crippen molar-refractivity contribution in [2.24, 2.45) is 5.92 Å². The number of aliphatic hydroxyl groups is 1. The van der Waals surface area contributed by atoms with Gasteiger partial charge >= 0.3 is 0 Å². The largest absolute Gasteiger partial charge is 0.382 e. The summed E-state index contributed by atoms with van der Waals surface area (Å²) in [6.45, 7) is 7.93. The van der Waals surface area contributed by atoms with Crippen LogP contribution in [0.2, 0.25) is 0 Å². The van der Waals surface area contributed by atoms with Gasteiger partial charge in [0.05, 0.1) is 0 Å². The highest BCUT2D eigenvalue weighted by molar-refractivity contribution is 5.87. The third-order valence-corrected chi connectivity index (χ3v) is 3.00. The third-order valence-electron chi connectivity index (χ3n) is 3.00. The Morgan fingerprint density at radius 3 is 2.14 bits per heavy atom. The zero-order valence-electron chi connectivity index (χ0n) is 9.97. The molecule has 0 aromatic rings. The maximum atomic E-state index is 11.8. The summed E-state index contributed by atoms with van der Waals surface area (Å²) in [5, 5.41) is 9.96. The van der Waals surface area contributed by atoms with Gasteiger partial charge in [-0.3, -0.25) is 4.79 Å². The van der Waals surface area contributed by atoms with Crippen molar-refractivity contribution in [1.29, 1.82) is 0 Å². The zero-order valence-corrected chi connectivity index (χ0v) is 9.97. The van der Waals surface area contributed by atoms with Gasteiger partial charge in [0.15, 0.2) is 5.78 Å². The lowest BCUT2D eigenvalue weighted by atomic mass is 9.86. The second-order valence-corrected chi connectivity index (χ2v) is 4.26. The van der Waals surface area contributed by atoms with E-state index in [1.165, 1.54) is 0 Å². The van der Waals surface area contributed by atoms with Gasteiger partial charge in [-0.1, -0.05) is 40.5 Å². The number of ketones is 1. The Morgan fingerprint density at radius 1 is 1.29 bits per heavy atom. The summed E-state index contributed by atoms with van der Waals surface area (Å²) in [6, 6.07) is 0. The van der Waals surface area contributed by atoms with E-state index in [1.807, 2.05) is 13.8 Å². The molecular weight excluding hydrogens is 176 g/mol. The molecule has 0 bridgehead atoms. The fourth-order valence-corrected chi connectivity index (χ4v) is 1.75. The normalized spacial score (nSPS) is 14.1. The minimum atomic E-state index is -1.07. The monoisotopic (exact) mass is 200 g/mol. The summed E-state index contributed by atoms with van der Waals surface area (Å²) < 4.78 is 0. The van der Waals surface area contributed by atoms with Gasteiger partial charge in [-0.15, -0.1) is 0 Å². The fourth-order valence-electron chi connectivity index (χ4n) is 1.75. The van der Waals surface area contributed by atoms with Crippen molar-refractivity contribution in [2.45, 2.75) is 65.4 Å². The first-order valence-corrected chi connectivity index (χ1v) is 5.75. The van der Waals surface area contributed by atoms with E-state index in [4.69, 9.17) is 0 Å². The molecule has 2 heteroatoms. The molecule has 0 radical (unpaired) electrons. The van der Waals surface area contributed by atoms with Gasteiger partial charge in [-0.2, -0.15) is 0 Å². The first-order chi connectivity index (χ1) is 6.50. The van der Waals surface area contributed by atoms with Crippen LogP contribution in [0.25, 0.3) is 0 Å². The summed E-state index contributed by atoms with van der Waals surface area (Å²) in [7, 11) is 0. The molecule has 0 aromatic heterocycles. The molecule has 2 nitrogen and oxygen atoms in total. The molecule has 0 aromatic carbocycles. The third kappa shape index (κ3) is 3.79. The zero-order chi connectivity index (χ0) is 11.2. The predicted molar refractivity (Wildman–Crippen MR) is 59.2 cm³/mol. The standard InChI is InChI=1S/C12H24O2/c1-5-8-10(4)9-11(13)12(14,6-2)7-3/h10,14H,5-9H2,1-4H3. The predicted octanol–water partition coefficient (Wildman–Crippen LogP) is 2.93. The second-order valence-electron chi connectivity index (χ2n) is 4.26. The van der Waals surface area contributed by atoms with Crippen molar-refractivity contribution < 1.29 is 9.90 Å². The van der Waals surface area contributed by atoms with Crippen LogP contribution >= 0.6 is 0 Å². The first-order valence-electron chi connectivity index (χ1n) is 5.75. The van der Waals surface area contributed by atoms with Crippen molar-refractivity contribution in [2.75, 3.05) is 0 Å². The van der Waals surface area contributed by atoms with E-state index in [2.05, 4.69) is 13.8 Å². The molecule has 1 N–H and O–H groups in total. The van der Waals surface area contributed by atoms with Gasteiger partial charge in [-0.25, -0.2) is 0 Å². The van der Waals surface area contributed by atoms with Gasteiger partial charge in [0.2, 0.25) is 0 Å². The van der Waals surface area contributed by atoms with Crippen LogP contribution in [0, 0.1) is 5.92 Å². The van der Waals surface area contributed by atoms with Crippen LogP contribution in [0.1, 0.15) is 59.8 Å². The maximum absolute atomic E-state index is 11.8. The lowest BCUT2D eigenvalue weighted by molar-refractivity contribution is -0.139. The molecule has 0 saturated heterocycles. The van der Waals surface area contributed by atoms with Gasteiger partial charge in [0, 0.05) is 6.42 Å². The van der Waals surface area contributed by atoms with E-state index in [-0.39, 0.29) is 5.78 Å². The number of rotatable bonds is 7. The van der Waals surface area contributed by atoms with Crippen LogP contribution in [-0.4, -0.2) is 16.5 Å². The molecule has 0 spiro atoms. The quantitative estimate of drug-likeness (QED) is 0.686. The van der Waals surface area contributed by atoms with E-state index < -0.39 is 5.60 Å². The molecule has 84 valence electrons. The number of Topliss-reactive ketones (excluding diaryl/α,β-unsaturated/α-hetero) is 1. The molecule has 0 rings (SSSR count). The molecule has 0 aliphatic heterocycles. The van der Waals surface area contributed by atoms with Crippen molar-refractivity contribution in [3.63, 3.8) is 0 Å². The molecule has 0 aliphatic carbocycles. The van der Waals surface area contributed by atoms with Crippen LogP contribution < -0.4 is 0 Å². The van der Waals surface area contributed by atoms with Gasteiger partial charge < -0.3 is 5.11 Å². The van der Waals surface area contributed by atoms with Gasteiger partial charge in [0.25, 0.3) is 0 Å². The Balaban J connectivity index is 4.18. The van der Waals surface area contributed by atoms with E-state index >= 15 is 0 Å². The Bertz CT molecular complexity index is 171. The SMILES string of the molecule is CCCC(C)CC(=O)C(O)(CC)CC. The smallest absolute Gasteiger partial charge is 0.164 e. The Kier molecular flexibility index (Phi) is 6.01. The summed E-state index contributed by atoms with van der Waals surface area (Å²) in [6.07, 6.45) is 3.74. The fraction of sp³-hybridized carbons (Fsp3) is 0.917. The van der Waals surface area contributed by atoms with Crippen LogP contribution in [0.15, 0.2) is 0 Å². The van der Waals surface area contributed by atoms with Gasteiger partial charge in [-0.05, 0) is 18.8 Å². The van der Waals surface area contributed by atoms with Crippen LogP contribution in [-0.2, 0) is 4.79 Å². The summed E-state index contributed by atoms with van der Waals surface area (Å²) in [5.41, 5.74) is -1.07. The molecule has 14 heavy (non-hydrogen) atoms. The Hall–Kier alpha value is -0.370. The molecule has 1 unspecified atom stereocenters. The highest BCUT2D eigenvalue weighted by atomic mass is 16.3. The average molecular weight is 200 g/mol. The van der Waals surface area contributed by atoms with Crippen molar-refractivity contribution in [3.05, 3.63) is 0 Å². The first kappa shape index (κ1) is 13.6. The van der Waals surface area contributed by atoms with Crippen molar-refractivity contribution >= 4 is 5.78 Å². The van der Waals surface area contributed by atoms with E-state index in [9.17, 15) is 9.90 Å². The molecule has 0 heterocycles. The maximum Gasteiger partial charge on any atom is 0.164 e. The Labute approximate surface area is 87.7 Å². The molecule has 0 saturated carbocycles. The second kappa shape index (κ2) is 6.18. The molecule has 1 atom stereocenters. The molecule has 0 amide bonds. The van der Waals surface area contributed by atoms with Gasteiger partial charge in [0.1, 0.15) is 5.60 Å². The Morgan fingerprint density at radius 2 is 1.79 bits per heavy atom. The number of hydrogen-bond acceptors (Lipinski definition) is 2. The van der Waals surface area contributed by atoms with Crippen molar-refractivity contribution in [3.8, 4) is 0 Å². The highest BCUT2D eigenvalue weighted by Crippen LogP contribution is 2.21. The van der Waals surface area contributed by atoms with Crippen molar-refractivity contribution in [1.82, 2.24) is 0 Å². The minimum Gasteiger partial charge on any atom is -0.382 e. The number of carbonyl (C=O) groups is 1. The topological polar surface area (TPSA) is 37.3 Å². The lowest BCUT2D eigenvalue weighted by Crippen LogP contribution is -2.38. The molecule has 0 fully saturated rings. The van der Waals surface area contributed by atoms with E-state index in [1.54, 1.807) is 0 Å². The summed E-state index contributed by atoms with van der Waals surface area (Å²) >= 11 is 0. The van der Waals surface area contributed by atoms with Crippen LogP contribution in [0.4, 0.5) is 0 Å². The summed E-state index contributed by atoms with van der Waals surface area (Å²) in [5.74, 6) is 0.417. The lowest BCUT2D eigenvalue weighted by Gasteiger charge is -2.24. The number of hydrogen-bond donors (Lipinski definition) is 1. The molecular formula is C12H24O2. The average Bonchev–Trinajstić information content (AvgIpc) is 2.16. The van der Waals surface area contributed by atoms with Crippen LogP contribution in [0.5, 0.6) is 0 Å².